The highest BCUT2D eigenvalue weighted by Gasteiger charge is 2.29. The van der Waals surface area contributed by atoms with Gasteiger partial charge in [-0.05, 0) is 39.0 Å². The van der Waals surface area contributed by atoms with Gasteiger partial charge in [0.15, 0.2) is 0 Å². The molecule has 0 aliphatic heterocycles. The Hall–Kier alpha value is -1.71. The van der Waals surface area contributed by atoms with Crippen molar-refractivity contribution in [1.29, 1.82) is 0 Å². The van der Waals surface area contributed by atoms with E-state index in [0.717, 1.165) is 12.2 Å². The Balaban J connectivity index is 2.90. The van der Waals surface area contributed by atoms with Gasteiger partial charge in [0, 0.05) is 24.5 Å². The highest BCUT2D eigenvalue weighted by Crippen LogP contribution is 2.23. The molecule has 0 aliphatic rings. The molecule has 0 aliphatic carbocycles. The molecule has 0 heterocycles. The van der Waals surface area contributed by atoms with E-state index in [-0.39, 0.29) is 0 Å². The van der Waals surface area contributed by atoms with Crippen LogP contribution in [0.5, 0.6) is 0 Å². The number of carboxylic acid groups (broad SMARTS) is 1. The molecule has 3 N–H and O–H groups in total. The summed E-state index contributed by atoms with van der Waals surface area (Å²) < 4.78 is 0. The molecule has 0 spiro atoms. The molecular formula is C13H20N2O2. The van der Waals surface area contributed by atoms with Crippen LogP contribution in [0.2, 0.25) is 0 Å². The van der Waals surface area contributed by atoms with Crippen molar-refractivity contribution in [1.82, 2.24) is 0 Å². The zero-order valence-corrected chi connectivity index (χ0v) is 10.6. The fourth-order valence-corrected chi connectivity index (χ4v) is 1.65. The lowest BCUT2D eigenvalue weighted by molar-refractivity contribution is -0.146. The van der Waals surface area contributed by atoms with Crippen molar-refractivity contribution < 1.29 is 9.90 Å². The van der Waals surface area contributed by atoms with Crippen molar-refractivity contribution in [3.63, 3.8) is 0 Å². The van der Waals surface area contributed by atoms with Crippen LogP contribution in [0.15, 0.2) is 24.3 Å². The Morgan fingerprint density at radius 3 is 2.59 bits per heavy atom. The molecule has 94 valence electrons. The zero-order chi connectivity index (χ0) is 13.1. The van der Waals surface area contributed by atoms with Crippen molar-refractivity contribution in [2.45, 2.75) is 20.8 Å². The van der Waals surface area contributed by atoms with Gasteiger partial charge in [0.05, 0.1) is 5.41 Å². The molecule has 0 unspecified atom stereocenters. The maximum Gasteiger partial charge on any atom is 0.310 e. The summed E-state index contributed by atoms with van der Waals surface area (Å²) in [6, 6.07) is 7.50. The van der Waals surface area contributed by atoms with Crippen LogP contribution in [-0.4, -0.2) is 24.2 Å². The van der Waals surface area contributed by atoms with E-state index in [2.05, 4.69) is 0 Å². The molecular weight excluding hydrogens is 216 g/mol. The third-order valence-electron chi connectivity index (χ3n) is 2.78. The molecule has 0 radical (unpaired) electrons. The Bertz CT molecular complexity index is 402. The average Bonchev–Trinajstić information content (AvgIpc) is 2.25. The SMILES string of the molecule is CCN(CC(C)(C)C(=O)O)c1cccc(N)c1. The average molecular weight is 236 g/mol. The van der Waals surface area contributed by atoms with E-state index in [1.54, 1.807) is 13.8 Å². The van der Waals surface area contributed by atoms with Gasteiger partial charge in [-0.1, -0.05) is 6.07 Å². The van der Waals surface area contributed by atoms with Crippen LogP contribution in [-0.2, 0) is 4.79 Å². The molecule has 17 heavy (non-hydrogen) atoms. The standard InChI is InChI=1S/C13H20N2O2/c1-4-15(9-13(2,3)12(16)17)11-7-5-6-10(14)8-11/h5-8H,4,9,14H2,1-3H3,(H,16,17). The topological polar surface area (TPSA) is 66.6 Å². The van der Waals surface area contributed by atoms with Crippen LogP contribution in [0.25, 0.3) is 0 Å². The van der Waals surface area contributed by atoms with Gasteiger partial charge in [-0.25, -0.2) is 0 Å². The van der Waals surface area contributed by atoms with Crippen LogP contribution in [0.4, 0.5) is 11.4 Å². The monoisotopic (exact) mass is 236 g/mol. The molecule has 0 aromatic heterocycles. The molecule has 0 bridgehead atoms. The van der Waals surface area contributed by atoms with E-state index in [1.807, 2.05) is 36.1 Å². The summed E-state index contributed by atoms with van der Waals surface area (Å²) in [5, 5.41) is 9.14. The summed E-state index contributed by atoms with van der Waals surface area (Å²) in [5.41, 5.74) is 6.60. The number of hydrogen-bond acceptors (Lipinski definition) is 3. The number of anilines is 2. The van der Waals surface area contributed by atoms with E-state index in [4.69, 9.17) is 10.8 Å². The minimum absolute atomic E-state index is 0.461. The summed E-state index contributed by atoms with van der Waals surface area (Å²) in [4.78, 5) is 13.1. The molecule has 4 heteroatoms. The Labute approximate surface area is 102 Å². The van der Waals surface area contributed by atoms with Gasteiger partial charge in [0.2, 0.25) is 0 Å². The lowest BCUT2D eigenvalue weighted by Gasteiger charge is -2.30. The summed E-state index contributed by atoms with van der Waals surface area (Å²) in [6.45, 7) is 6.66. The molecule has 0 atom stereocenters. The predicted molar refractivity (Wildman–Crippen MR) is 70.2 cm³/mol. The zero-order valence-electron chi connectivity index (χ0n) is 10.6. The Morgan fingerprint density at radius 1 is 1.47 bits per heavy atom. The van der Waals surface area contributed by atoms with Crippen molar-refractivity contribution in [2.75, 3.05) is 23.7 Å². The lowest BCUT2D eigenvalue weighted by atomic mass is 9.93. The highest BCUT2D eigenvalue weighted by molar-refractivity contribution is 5.74. The molecule has 0 saturated carbocycles. The predicted octanol–water partition coefficient (Wildman–Crippen LogP) is 2.21. The smallest absolute Gasteiger partial charge is 0.310 e. The van der Waals surface area contributed by atoms with Gasteiger partial charge < -0.3 is 15.7 Å². The Morgan fingerprint density at radius 2 is 2.12 bits per heavy atom. The van der Waals surface area contributed by atoms with Gasteiger partial charge in [-0.3, -0.25) is 4.79 Å². The normalized spacial score (nSPS) is 11.2. The van der Waals surface area contributed by atoms with Crippen molar-refractivity contribution >= 4 is 17.3 Å². The van der Waals surface area contributed by atoms with E-state index in [9.17, 15) is 4.79 Å². The van der Waals surface area contributed by atoms with Crippen LogP contribution in [0, 0.1) is 5.41 Å². The minimum Gasteiger partial charge on any atom is -0.481 e. The molecule has 0 fully saturated rings. The largest absolute Gasteiger partial charge is 0.481 e. The number of rotatable bonds is 5. The molecule has 1 aromatic rings. The molecule has 4 nitrogen and oxygen atoms in total. The first-order chi connectivity index (χ1) is 7.86. The van der Waals surface area contributed by atoms with Crippen LogP contribution >= 0.6 is 0 Å². The van der Waals surface area contributed by atoms with Crippen molar-refractivity contribution in [3.05, 3.63) is 24.3 Å². The van der Waals surface area contributed by atoms with Crippen molar-refractivity contribution in [2.24, 2.45) is 5.41 Å². The second kappa shape index (κ2) is 5.08. The summed E-state index contributed by atoms with van der Waals surface area (Å²) >= 11 is 0. The number of carboxylic acids is 1. The molecule has 0 amide bonds. The third kappa shape index (κ3) is 3.37. The summed E-state index contributed by atoms with van der Waals surface area (Å²) in [5.74, 6) is -0.792. The first kappa shape index (κ1) is 13.4. The van der Waals surface area contributed by atoms with Gasteiger partial charge in [0.1, 0.15) is 0 Å². The first-order valence-corrected chi connectivity index (χ1v) is 5.70. The highest BCUT2D eigenvalue weighted by atomic mass is 16.4. The number of aliphatic carboxylic acids is 1. The van der Waals surface area contributed by atoms with Crippen molar-refractivity contribution in [3.8, 4) is 0 Å². The molecule has 1 aromatic carbocycles. The van der Waals surface area contributed by atoms with Gasteiger partial charge in [-0.2, -0.15) is 0 Å². The maximum absolute atomic E-state index is 11.1. The Kier molecular flexibility index (Phi) is 3.99. The van der Waals surface area contributed by atoms with Crippen LogP contribution in [0.1, 0.15) is 20.8 Å². The maximum atomic E-state index is 11.1. The number of nitrogen functional groups attached to an aromatic ring is 1. The van der Waals surface area contributed by atoms with Gasteiger partial charge in [0.25, 0.3) is 0 Å². The fourth-order valence-electron chi connectivity index (χ4n) is 1.65. The summed E-state index contributed by atoms with van der Waals surface area (Å²) in [7, 11) is 0. The number of benzene rings is 1. The second-order valence-corrected chi connectivity index (χ2v) is 4.80. The fraction of sp³-hybridized carbons (Fsp3) is 0.462. The van der Waals surface area contributed by atoms with Crippen LogP contribution < -0.4 is 10.6 Å². The lowest BCUT2D eigenvalue weighted by Crippen LogP contribution is -2.39. The van der Waals surface area contributed by atoms with Gasteiger partial charge in [-0.15, -0.1) is 0 Å². The summed E-state index contributed by atoms with van der Waals surface area (Å²) in [6.07, 6.45) is 0. The van der Waals surface area contributed by atoms with E-state index >= 15 is 0 Å². The second-order valence-electron chi connectivity index (χ2n) is 4.80. The quantitative estimate of drug-likeness (QED) is 0.769. The molecule has 0 saturated heterocycles. The van der Waals surface area contributed by atoms with Crippen LogP contribution in [0.3, 0.4) is 0 Å². The number of nitrogens with two attached hydrogens (primary N) is 1. The van der Waals surface area contributed by atoms with E-state index in [0.29, 0.717) is 12.2 Å². The van der Waals surface area contributed by atoms with E-state index < -0.39 is 11.4 Å². The third-order valence-corrected chi connectivity index (χ3v) is 2.78. The first-order valence-electron chi connectivity index (χ1n) is 5.70. The minimum atomic E-state index is -0.792. The number of carbonyl (C=O) groups is 1. The van der Waals surface area contributed by atoms with Gasteiger partial charge >= 0.3 is 5.97 Å². The van der Waals surface area contributed by atoms with E-state index in [1.165, 1.54) is 0 Å². The molecule has 1 rings (SSSR count). The number of hydrogen-bond donors (Lipinski definition) is 2. The number of nitrogens with zero attached hydrogens (tertiary/aromatic N) is 1.